The summed E-state index contributed by atoms with van der Waals surface area (Å²) in [5.41, 5.74) is 1.21. The molecule has 6 heteroatoms. The molecule has 0 heterocycles. The van der Waals surface area contributed by atoms with Crippen molar-refractivity contribution in [1.82, 2.24) is 10.6 Å². The van der Waals surface area contributed by atoms with Crippen molar-refractivity contribution in [3.8, 4) is 0 Å². The van der Waals surface area contributed by atoms with Gasteiger partial charge in [0.05, 0.1) is 12.7 Å². The molecule has 0 aliphatic heterocycles. The third kappa shape index (κ3) is 9.22. The Morgan fingerprint density at radius 3 is 2.45 bits per heavy atom. The summed E-state index contributed by atoms with van der Waals surface area (Å²) < 4.78 is 10.8. The van der Waals surface area contributed by atoms with Crippen LogP contribution in [-0.4, -0.2) is 46.4 Å². The van der Waals surface area contributed by atoms with Crippen molar-refractivity contribution in [1.29, 1.82) is 0 Å². The van der Waals surface area contributed by atoms with Gasteiger partial charge < -0.3 is 20.1 Å². The number of halogens is 1. The molecule has 0 amide bonds. The van der Waals surface area contributed by atoms with Crippen LogP contribution in [0.5, 0.6) is 0 Å². The van der Waals surface area contributed by atoms with Gasteiger partial charge in [-0.2, -0.15) is 0 Å². The van der Waals surface area contributed by atoms with E-state index in [0.29, 0.717) is 6.61 Å². The zero-order chi connectivity index (χ0) is 15.3. The highest BCUT2D eigenvalue weighted by Gasteiger charge is 2.04. The number of ether oxygens (including phenoxy) is 2. The van der Waals surface area contributed by atoms with E-state index < -0.39 is 0 Å². The van der Waals surface area contributed by atoms with Crippen LogP contribution < -0.4 is 10.6 Å². The third-order valence-corrected chi connectivity index (χ3v) is 3.07. The maximum atomic E-state index is 5.82. The third-order valence-electron chi connectivity index (χ3n) is 3.07. The highest BCUT2D eigenvalue weighted by molar-refractivity contribution is 14.0. The monoisotopic (exact) mass is 421 g/mol. The van der Waals surface area contributed by atoms with Crippen molar-refractivity contribution in [3.05, 3.63) is 35.9 Å². The fourth-order valence-electron chi connectivity index (χ4n) is 1.85. The van der Waals surface area contributed by atoms with Crippen LogP contribution in [0, 0.1) is 0 Å². The first-order chi connectivity index (χ1) is 10.3. The molecule has 1 unspecified atom stereocenters. The second-order valence-corrected chi connectivity index (χ2v) is 4.70. The number of nitrogens with zero attached hydrogens (tertiary/aromatic N) is 1. The fourth-order valence-corrected chi connectivity index (χ4v) is 1.85. The van der Waals surface area contributed by atoms with Gasteiger partial charge in [-0.15, -0.1) is 24.0 Å². The Morgan fingerprint density at radius 2 is 1.82 bits per heavy atom. The predicted molar refractivity (Wildman–Crippen MR) is 102 cm³/mol. The van der Waals surface area contributed by atoms with Crippen molar-refractivity contribution >= 4 is 29.9 Å². The van der Waals surface area contributed by atoms with Gasteiger partial charge >= 0.3 is 0 Å². The number of methoxy groups -OCH3 is 1. The molecule has 1 atom stereocenters. The Morgan fingerprint density at radius 1 is 1.14 bits per heavy atom. The SMILES string of the molecule is CN=C(NCCCOC(C)c1ccccc1)NCCOC.I. The molecule has 22 heavy (non-hydrogen) atoms. The summed E-state index contributed by atoms with van der Waals surface area (Å²) in [5.74, 6) is 0.795. The standard InChI is InChI=1S/C16H27N3O2.HI/c1-14(15-8-5-4-6-9-15)21-12-7-10-18-16(17-2)19-11-13-20-3;/h4-6,8-9,14H,7,10-13H2,1-3H3,(H2,17,18,19);1H. The van der Waals surface area contributed by atoms with Crippen LogP contribution in [0.25, 0.3) is 0 Å². The summed E-state index contributed by atoms with van der Waals surface area (Å²) in [5, 5.41) is 6.41. The fraction of sp³-hybridized carbons (Fsp3) is 0.562. The minimum Gasteiger partial charge on any atom is -0.383 e. The van der Waals surface area contributed by atoms with Crippen molar-refractivity contribution in [2.75, 3.05) is 40.5 Å². The van der Waals surface area contributed by atoms with E-state index in [2.05, 4.69) is 34.7 Å². The van der Waals surface area contributed by atoms with Crippen molar-refractivity contribution < 1.29 is 9.47 Å². The molecule has 0 saturated carbocycles. The van der Waals surface area contributed by atoms with E-state index in [0.717, 1.165) is 32.1 Å². The van der Waals surface area contributed by atoms with Crippen LogP contribution in [0.15, 0.2) is 35.3 Å². The number of aliphatic imine (C=N–C) groups is 1. The van der Waals surface area contributed by atoms with E-state index >= 15 is 0 Å². The highest BCUT2D eigenvalue weighted by atomic mass is 127. The maximum Gasteiger partial charge on any atom is 0.191 e. The molecule has 1 aromatic carbocycles. The maximum absolute atomic E-state index is 5.82. The quantitative estimate of drug-likeness (QED) is 0.279. The second-order valence-electron chi connectivity index (χ2n) is 4.70. The average molecular weight is 421 g/mol. The molecule has 0 spiro atoms. The number of nitrogens with one attached hydrogen (secondary N) is 2. The lowest BCUT2D eigenvalue weighted by atomic mass is 10.1. The minimum absolute atomic E-state index is 0. The zero-order valence-corrected chi connectivity index (χ0v) is 16.0. The Balaban J connectivity index is 0.00000441. The van der Waals surface area contributed by atoms with Crippen LogP contribution in [0.1, 0.15) is 25.0 Å². The normalized spacial score (nSPS) is 12.4. The molecule has 0 aliphatic carbocycles. The first kappa shape index (κ1) is 21.1. The molecule has 1 aromatic rings. The van der Waals surface area contributed by atoms with E-state index in [1.165, 1.54) is 5.56 Å². The molecule has 0 fully saturated rings. The van der Waals surface area contributed by atoms with Gasteiger partial charge in [-0.3, -0.25) is 4.99 Å². The van der Waals surface area contributed by atoms with Gasteiger partial charge in [-0.25, -0.2) is 0 Å². The van der Waals surface area contributed by atoms with E-state index in [1.807, 2.05) is 18.2 Å². The van der Waals surface area contributed by atoms with Crippen LogP contribution in [-0.2, 0) is 9.47 Å². The molecule has 0 aromatic heterocycles. The zero-order valence-electron chi connectivity index (χ0n) is 13.7. The van der Waals surface area contributed by atoms with Crippen LogP contribution in [0.4, 0.5) is 0 Å². The lowest BCUT2D eigenvalue weighted by molar-refractivity contribution is 0.0646. The molecule has 0 bridgehead atoms. The average Bonchev–Trinajstić information content (AvgIpc) is 2.53. The smallest absolute Gasteiger partial charge is 0.191 e. The van der Waals surface area contributed by atoms with E-state index in [-0.39, 0.29) is 30.1 Å². The largest absolute Gasteiger partial charge is 0.383 e. The summed E-state index contributed by atoms with van der Waals surface area (Å²) in [7, 11) is 3.44. The van der Waals surface area contributed by atoms with Gasteiger partial charge in [0, 0.05) is 33.9 Å². The van der Waals surface area contributed by atoms with Crippen LogP contribution >= 0.6 is 24.0 Å². The number of benzene rings is 1. The molecule has 5 nitrogen and oxygen atoms in total. The van der Waals surface area contributed by atoms with E-state index in [9.17, 15) is 0 Å². The first-order valence-electron chi connectivity index (χ1n) is 7.38. The van der Waals surface area contributed by atoms with Crippen LogP contribution in [0.2, 0.25) is 0 Å². The molecular formula is C16H28IN3O2. The van der Waals surface area contributed by atoms with Gasteiger partial charge in [-0.05, 0) is 18.9 Å². The summed E-state index contributed by atoms with van der Waals surface area (Å²) in [6.45, 7) is 5.04. The Labute approximate surface area is 150 Å². The highest BCUT2D eigenvalue weighted by Crippen LogP contribution is 2.15. The molecule has 0 aliphatic rings. The molecule has 2 N–H and O–H groups in total. The van der Waals surface area contributed by atoms with Gasteiger partial charge in [0.15, 0.2) is 5.96 Å². The van der Waals surface area contributed by atoms with Gasteiger partial charge in [-0.1, -0.05) is 30.3 Å². The van der Waals surface area contributed by atoms with Gasteiger partial charge in [0.2, 0.25) is 0 Å². The van der Waals surface area contributed by atoms with E-state index in [4.69, 9.17) is 9.47 Å². The lowest BCUT2D eigenvalue weighted by Crippen LogP contribution is -2.39. The molecule has 0 saturated heterocycles. The summed E-state index contributed by atoms with van der Waals surface area (Å²) in [6.07, 6.45) is 1.06. The Hall–Kier alpha value is -0.860. The number of hydrogen-bond donors (Lipinski definition) is 2. The summed E-state index contributed by atoms with van der Waals surface area (Å²) >= 11 is 0. The topological polar surface area (TPSA) is 54.9 Å². The molecule has 1 rings (SSSR count). The Kier molecular flexibility index (Phi) is 13.2. The minimum atomic E-state index is 0. The van der Waals surface area contributed by atoms with Gasteiger partial charge in [0.1, 0.15) is 0 Å². The first-order valence-corrected chi connectivity index (χ1v) is 7.38. The lowest BCUT2D eigenvalue weighted by Gasteiger charge is -2.14. The second kappa shape index (κ2) is 13.8. The summed E-state index contributed by atoms with van der Waals surface area (Å²) in [6, 6.07) is 10.3. The summed E-state index contributed by atoms with van der Waals surface area (Å²) in [4.78, 5) is 4.14. The van der Waals surface area contributed by atoms with E-state index in [1.54, 1.807) is 14.2 Å². The van der Waals surface area contributed by atoms with Crippen molar-refractivity contribution in [2.24, 2.45) is 4.99 Å². The number of guanidine groups is 1. The molecule has 0 radical (unpaired) electrons. The molecule has 126 valence electrons. The van der Waals surface area contributed by atoms with Gasteiger partial charge in [0.25, 0.3) is 0 Å². The number of rotatable bonds is 9. The molecular weight excluding hydrogens is 393 g/mol. The van der Waals surface area contributed by atoms with Crippen molar-refractivity contribution in [3.63, 3.8) is 0 Å². The van der Waals surface area contributed by atoms with Crippen molar-refractivity contribution in [2.45, 2.75) is 19.4 Å². The number of hydrogen-bond acceptors (Lipinski definition) is 3. The van der Waals surface area contributed by atoms with Crippen LogP contribution in [0.3, 0.4) is 0 Å². The predicted octanol–water partition coefficient (Wildman–Crippen LogP) is 2.58. The Bertz CT molecular complexity index is 402.